The second kappa shape index (κ2) is 7.52. The van der Waals surface area contributed by atoms with Crippen LogP contribution in [-0.4, -0.2) is 69.0 Å². The summed E-state index contributed by atoms with van der Waals surface area (Å²) in [6, 6.07) is 7.74. The highest BCUT2D eigenvalue weighted by atomic mass is 16.2. The minimum Gasteiger partial charge on any atom is -0.336 e. The number of likely N-dealkylation sites (N-methyl/N-ethyl adjacent to an activating group) is 1. The van der Waals surface area contributed by atoms with Gasteiger partial charge in [-0.1, -0.05) is 12.1 Å². The summed E-state index contributed by atoms with van der Waals surface area (Å²) in [6.07, 6.45) is 5.82. The summed E-state index contributed by atoms with van der Waals surface area (Å²) in [5.41, 5.74) is 1.73. The van der Waals surface area contributed by atoms with Gasteiger partial charge in [0.1, 0.15) is 5.82 Å². The molecular formula is C20H26N6O. The number of carbonyl (C=O) groups is 1. The molecule has 0 atom stereocenters. The molecule has 0 aliphatic carbocycles. The standard InChI is InChI=1S/C20H26N6O/c1-24(2)13-14-25-12-9-21-19(25)15-7-10-26(11-8-15)20(27)18-22-16-5-3-4-6-17(16)23-18/h3-6,9,12,15H,7-8,10-11,13-14H2,1-2H3,(H,22,23). The van der Waals surface area contributed by atoms with Gasteiger partial charge in [0, 0.05) is 44.5 Å². The van der Waals surface area contributed by atoms with E-state index in [9.17, 15) is 4.79 Å². The van der Waals surface area contributed by atoms with Crippen molar-refractivity contribution in [3.63, 3.8) is 0 Å². The number of benzene rings is 1. The molecule has 1 aliphatic heterocycles. The number of aromatic amines is 1. The summed E-state index contributed by atoms with van der Waals surface area (Å²) in [5.74, 6) is 1.97. The molecule has 1 saturated heterocycles. The molecule has 7 nitrogen and oxygen atoms in total. The van der Waals surface area contributed by atoms with Gasteiger partial charge in [-0.3, -0.25) is 4.79 Å². The molecule has 4 rings (SSSR count). The number of rotatable bonds is 5. The Hall–Kier alpha value is -2.67. The number of hydrogen-bond acceptors (Lipinski definition) is 4. The molecule has 0 bridgehead atoms. The van der Waals surface area contributed by atoms with Crippen LogP contribution in [0.1, 0.15) is 35.2 Å². The fourth-order valence-electron chi connectivity index (χ4n) is 3.72. The quantitative estimate of drug-likeness (QED) is 0.752. The Bertz CT molecular complexity index is 886. The third-order valence-corrected chi connectivity index (χ3v) is 5.28. The van der Waals surface area contributed by atoms with Gasteiger partial charge in [0.25, 0.3) is 5.91 Å². The number of H-pyrrole nitrogens is 1. The third kappa shape index (κ3) is 3.73. The van der Waals surface area contributed by atoms with Gasteiger partial charge < -0.3 is 19.4 Å². The van der Waals surface area contributed by atoms with E-state index in [4.69, 9.17) is 0 Å². The number of carbonyl (C=O) groups excluding carboxylic acids is 1. The number of nitrogens with one attached hydrogen (secondary N) is 1. The van der Waals surface area contributed by atoms with Gasteiger partial charge in [0.15, 0.2) is 5.82 Å². The van der Waals surface area contributed by atoms with Crippen molar-refractivity contribution in [1.82, 2.24) is 29.3 Å². The molecule has 3 heterocycles. The molecule has 1 aliphatic rings. The Morgan fingerprint density at radius 1 is 1.26 bits per heavy atom. The largest absolute Gasteiger partial charge is 0.336 e. The number of nitrogens with zero attached hydrogens (tertiary/aromatic N) is 5. The molecule has 7 heteroatoms. The second-order valence-electron chi connectivity index (χ2n) is 7.45. The van der Waals surface area contributed by atoms with Crippen molar-refractivity contribution in [2.24, 2.45) is 0 Å². The molecule has 1 fully saturated rings. The van der Waals surface area contributed by atoms with Crippen LogP contribution in [0.5, 0.6) is 0 Å². The highest BCUT2D eigenvalue weighted by Crippen LogP contribution is 2.27. The van der Waals surface area contributed by atoms with Crippen molar-refractivity contribution in [1.29, 1.82) is 0 Å². The Labute approximate surface area is 159 Å². The molecule has 3 aromatic rings. The first-order valence-corrected chi connectivity index (χ1v) is 9.51. The fraction of sp³-hybridized carbons (Fsp3) is 0.450. The lowest BCUT2D eigenvalue weighted by molar-refractivity contribution is 0.0699. The highest BCUT2D eigenvalue weighted by molar-refractivity contribution is 5.94. The second-order valence-corrected chi connectivity index (χ2v) is 7.45. The lowest BCUT2D eigenvalue weighted by Crippen LogP contribution is -2.39. The molecule has 1 amide bonds. The van der Waals surface area contributed by atoms with E-state index in [-0.39, 0.29) is 5.91 Å². The Kier molecular flexibility index (Phi) is 4.94. The zero-order chi connectivity index (χ0) is 18.8. The van der Waals surface area contributed by atoms with E-state index in [0.29, 0.717) is 11.7 Å². The summed E-state index contributed by atoms with van der Waals surface area (Å²) < 4.78 is 2.25. The molecule has 142 valence electrons. The van der Waals surface area contributed by atoms with E-state index in [1.807, 2.05) is 35.4 Å². The molecule has 0 unspecified atom stereocenters. The Balaban J connectivity index is 1.40. The topological polar surface area (TPSA) is 70.1 Å². The minimum atomic E-state index is -0.0133. The number of fused-ring (bicyclic) bond motifs is 1. The summed E-state index contributed by atoms with van der Waals surface area (Å²) in [6.45, 7) is 3.41. The van der Waals surface area contributed by atoms with Crippen molar-refractivity contribution in [3.05, 3.63) is 48.3 Å². The maximum absolute atomic E-state index is 12.8. The van der Waals surface area contributed by atoms with Crippen molar-refractivity contribution >= 4 is 16.9 Å². The van der Waals surface area contributed by atoms with E-state index in [2.05, 4.69) is 44.7 Å². The number of aromatic nitrogens is 4. The van der Waals surface area contributed by atoms with Crippen LogP contribution in [0, 0.1) is 0 Å². The number of amides is 1. The maximum Gasteiger partial charge on any atom is 0.289 e. The minimum absolute atomic E-state index is 0.0133. The van der Waals surface area contributed by atoms with Crippen LogP contribution in [0.25, 0.3) is 11.0 Å². The van der Waals surface area contributed by atoms with E-state index < -0.39 is 0 Å². The van der Waals surface area contributed by atoms with Crippen LogP contribution in [0.3, 0.4) is 0 Å². The molecule has 0 spiro atoms. The van der Waals surface area contributed by atoms with Gasteiger partial charge in [-0.25, -0.2) is 9.97 Å². The van der Waals surface area contributed by atoms with E-state index >= 15 is 0 Å². The predicted octanol–water partition coefficient (Wildman–Crippen LogP) is 2.34. The van der Waals surface area contributed by atoms with Crippen LogP contribution in [-0.2, 0) is 6.54 Å². The van der Waals surface area contributed by atoms with Gasteiger partial charge in [-0.2, -0.15) is 0 Å². The lowest BCUT2D eigenvalue weighted by Gasteiger charge is -2.31. The van der Waals surface area contributed by atoms with Crippen LogP contribution in [0.2, 0.25) is 0 Å². The van der Waals surface area contributed by atoms with Crippen molar-refractivity contribution in [3.8, 4) is 0 Å². The first kappa shape index (κ1) is 17.7. The Morgan fingerprint density at radius 2 is 2.04 bits per heavy atom. The molecule has 0 radical (unpaired) electrons. The third-order valence-electron chi connectivity index (χ3n) is 5.28. The highest BCUT2D eigenvalue weighted by Gasteiger charge is 2.28. The first-order chi connectivity index (χ1) is 13.1. The van der Waals surface area contributed by atoms with E-state index in [0.717, 1.165) is 55.9 Å². The van der Waals surface area contributed by atoms with Gasteiger partial charge in [0.05, 0.1) is 11.0 Å². The smallest absolute Gasteiger partial charge is 0.289 e. The number of piperidine rings is 1. The fourth-order valence-corrected chi connectivity index (χ4v) is 3.72. The van der Waals surface area contributed by atoms with Crippen molar-refractivity contribution in [2.75, 3.05) is 33.7 Å². The molecule has 27 heavy (non-hydrogen) atoms. The van der Waals surface area contributed by atoms with Gasteiger partial charge in [-0.15, -0.1) is 0 Å². The maximum atomic E-state index is 12.8. The SMILES string of the molecule is CN(C)CCn1ccnc1C1CCN(C(=O)c2nc3ccccc3[nH]2)CC1. The average Bonchev–Trinajstić information content (AvgIpc) is 3.32. The lowest BCUT2D eigenvalue weighted by atomic mass is 9.95. The average molecular weight is 366 g/mol. The van der Waals surface area contributed by atoms with Crippen molar-refractivity contribution < 1.29 is 4.79 Å². The molecule has 0 saturated carbocycles. The van der Waals surface area contributed by atoms with Crippen LogP contribution in [0.4, 0.5) is 0 Å². The number of imidazole rings is 2. The summed E-state index contributed by atoms with van der Waals surface area (Å²) in [5, 5.41) is 0. The zero-order valence-corrected chi connectivity index (χ0v) is 15.9. The summed E-state index contributed by atoms with van der Waals surface area (Å²) >= 11 is 0. The zero-order valence-electron chi connectivity index (χ0n) is 15.9. The van der Waals surface area contributed by atoms with Crippen molar-refractivity contribution in [2.45, 2.75) is 25.3 Å². The number of para-hydroxylation sites is 2. The first-order valence-electron chi connectivity index (χ1n) is 9.51. The molecule has 2 aromatic heterocycles. The number of likely N-dealkylation sites (tertiary alicyclic amines) is 1. The monoisotopic (exact) mass is 366 g/mol. The summed E-state index contributed by atoms with van der Waals surface area (Å²) in [4.78, 5) is 29.1. The summed E-state index contributed by atoms with van der Waals surface area (Å²) in [7, 11) is 4.16. The normalized spacial score (nSPS) is 15.7. The van der Waals surface area contributed by atoms with E-state index in [1.54, 1.807) is 0 Å². The van der Waals surface area contributed by atoms with Gasteiger partial charge in [0.2, 0.25) is 0 Å². The molecule has 1 aromatic carbocycles. The Morgan fingerprint density at radius 3 is 2.78 bits per heavy atom. The van der Waals surface area contributed by atoms with E-state index in [1.165, 1.54) is 0 Å². The van der Waals surface area contributed by atoms with Crippen LogP contribution in [0.15, 0.2) is 36.7 Å². The van der Waals surface area contributed by atoms with Gasteiger partial charge >= 0.3 is 0 Å². The van der Waals surface area contributed by atoms with Gasteiger partial charge in [-0.05, 0) is 39.1 Å². The van der Waals surface area contributed by atoms with Crippen LogP contribution >= 0.6 is 0 Å². The molecule has 1 N–H and O–H groups in total. The molecular weight excluding hydrogens is 340 g/mol. The van der Waals surface area contributed by atoms with Crippen LogP contribution < -0.4 is 0 Å². The number of hydrogen-bond donors (Lipinski definition) is 1. The predicted molar refractivity (Wildman–Crippen MR) is 105 cm³/mol.